The van der Waals surface area contributed by atoms with E-state index in [-0.39, 0.29) is 16.9 Å². The zero-order valence-corrected chi connectivity index (χ0v) is 22.4. The zero-order chi connectivity index (χ0) is 31.6. The minimum atomic E-state index is -7.02. The molecule has 0 spiro atoms. The van der Waals surface area contributed by atoms with Crippen molar-refractivity contribution in [1.82, 2.24) is 0 Å². The summed E-state index contributed by atoms with van der Waals surface area (Å²) in [6, 6.07) is 10.4. The van der Waals surface area contributed by atoms with Crippen LogP contribution in [0.3, 0.4) is 0 Å². The van der Waals surface area contributed by atoms with Crippen molar-refractivity contribution in [3.63, 3.8) is 0 Å². The maximum absolute atomic E-state index is 13.6. The van der Waals surface area contributed by atoms with Crippen molar-refractivity contribution in [3.05, 3.63) is 59.7 Å². The third kappa shape index (κ3) is 9.02. The molecule has 0 fully saturated rings. The number of hydrogen-bond donors (Lipinski definition) is 0. The van der Waals surface area contributed by atoms with Crippen LogP contribution in [0.2, 0.25) is 0 Å². The van der Waals surface area contributed by atoms with Gasteiger partial charge in [-0.05, 0) is 55.0 Å². The highest BCUT2D eigenvalue weighted by atomic mass is 19.4. The van der Waals surface area contributed by atoms with Gasteiger partial charge in [-0.15, -0.1) is 0 Å². The van der Waals surface area contributed by atoms with Crippen LogP contribution in [-0.4, -0.2) is 49.1 Å². The van der Waals surface area contributed by atoms with Gasteiger partial charge in [0.25, 0.3) is 0 Å². The second-order valence-electron chi connectivity index (χ2n) is 9.29. The lowest BCUT2D eigenvalue weighted by Crippen LogP contribution is -2.61. The van der Waals surface area contributed by atoms with Gasteiger partial charge in [0.05, 0.1) is 30.8 Å². The number of halogens is 9. The number of esters is 2. The van der Waals surface area contributed by atoms with E-state index in [1.165, 1.54) is 31.4 Å². The molecule has 0 radical (unpaired) electrons. The lowest BCUT2D eigenvalue weighted by Gasteiger charge is -2.33. The highest BCUT2D eigenvalue weighted by molar-refractivity contribution is 5.92. The summed E-state index contributed by atoms with van der Waals surface area (Å²) in [5, 5.41) is 0. The van der Waals surface area contributed by atoms with Gasteiger partial charge in [-0.25, -0.2) is 9.59 Å². The number of benzene rings is 2. The van der Waals surface area contributed by atoms with Gasteiger partial charge in [-0.2, -0.15) is 39.5 Å². The largest absolute Gasteiger partial charge is 0.494 e. The van der Waals surface area contributed by atoms with Crippen LogP contribution in [0, 0.1) is 0 Å². The van der Waals surface area contributed by atoms with E-state index in [0.29, 0.717) is 12.4 Å². The Kier molecular flexibility index (Phi) is 12.1. The third-order valence-electron chi connectivity index (χ3n) is 6.02. The van der Waals surface area contributed by atoms with E-state index in [1.54, 1.807) is 12.1 Å². The molecule has 0 N–H and O–H groups in total. The molecule has 2 aromatic rings. The molecule has 0 unspecified atom stereocenters. The second-order valence-corrected chi connectivity index (χ2v) is 9.29. The minimum absolute atomic E-state index is 0.0412. The summed E-state index contributed by atoms with van der Waals surface area (Å²) >= 11 is 0. The van der Waals surface area contributed by atoms with Crippen molar-refractivity contribution in [1.29, 1.82) is 0 Å². The van der Waals surface area contributed by atoms with Crippen LogP contribution in [0.15, 0.2) is 48.5 Å². The molecule has 0 aliphatic heterocycles. The molecule has 0 aliphatic rings. The van der Waals surface area contributed by atoms with Crippen molar-refractivity contribution >= 4 is 11.9 Å². The Morgan fingerprint density at radius 3 is 1.67 bits per heavy atom. The number of alkyl halides is 9. The quantitative estimate of drug-likeness (QED) is 0.0818. The van der Waals surface area contributed by atoms with Crippen LogP contribution in [0.4, 0.5) is 39.5 Å². The zero-order valence-electron chi connectivity index (χ0n) is 22.4. The van der Waals surface area contributed by atoms with Gasteiger partial charge in [0.1, 0.15) is 11.5 Å². The molecule has 0 amide bonds. The molecule has 0 heterocycles. The van der Waals surface area contributed by atoms with Crippen molar-refractivity contribution in [2.24, 2.45) is 0 Å². The standard InChI is InChI=1S/C28H29F9O5/c1-2-3-4-5-6-7-17-40-21-12-8-20(9-13-21)24(39)42-22-14-10-19(11-15-22)23(38)41-18-16-25(29,30)26(31,32)27(33,34)28(35,36)37/h8-15H,2-7,16-18H2,1H3. The first-order chi connectivity index (χ1) is 19.5. The van der Waals surface area contributed by atoms with E-state index in [9.17, 15) is 49.1 Å². The van der Waals surface area contributed by atoms with E-state index in [2.05, 4.69) is 11.7 Å². The molecule has 0 aliphatic carbocycles. The summed E-state index contributed by atoms with van der Waals surface area (Å²) < 4.78 is 131. The van der Waals surface area contributed by atoms with Crippen LogP contribution >= 0.6 is 0 Å². The molecule has 234 valence electrons. The Labute approximate surface area is 235 Å². The van der Waals surface area contributed by atoms with Crippen molar-refractivity contribution in [2.45, 2.75) is 75.8 Å². The first-order valence-electron chi connectivity index (χ1n) is 13.0. The van der Waals surface area contributed by atoms with E-state index < -0.39 is 48.9 Å². The highest BCUT2D eigenvalue weighted by Gasteiger charge is 2.81. The van der Waals surface area contributed by atoms with Crippen LogP contribution in [0.25, 0.3) is 0 Å². The number of rotatable bonds is 16. The lowest BCUT2D eigenvalue weighted by molar-refractivity contribution is -0.397. The summed E-state index contributed by atoms with van der Waals surface area (Å²) in [5.74, 6) is -21.3. The fourth-order valence-electron chi connectivity index (χ4n) is 3.50. The van der Waals surface area contributed by atoms with Gasteiger partial charge in [0, 0.05) is 0 Å². The predicted octanol–water partition coefficient (Wildman–Crippen LogP) is 8.66. The molecular formula is C28H29F9O5. The highest BCUT2D eigenvalue weighted by Crippen LogP contribution is 2.54. The van der Waals surface area contributed by atoms with Crippen LogP contribution in [0.1, 0.15) is 72.6 Å². The Bertz CT molecular complexity index is 1150. The Morgan fingerprint density at radius 2 is 1.12 bits per heavy atom. The number of carbonyl (C=O) groups excluding carboxylic acids is 2. The molecule has 0 saturated heterocycles. The molecule has 42 heavy (non-hydrogen) atoms. The molecule has 2 aromatic carbocycles. The van der Waals surface area contributed by atoms with E-state index in [1.807, 2.05) is 0 Å². The van der Waals surface area contributed by atoms with Gasteiger partial charge in [0.15, 0.2) is 0 Å². The molecular weight excluding hydrogens is 587 g/mol. The van der Waals surface area contributed by atoms with Crippen LogP contribution in [0.5, 0.6) is 11.5 Å². The predicted molar refractivity (Wildman–Crippen MR) is 133 cm³/mol. The van der Waals surface area contributed by atoms with Gasteiger partial charge in [-0.1, -0.05) is 39.0 Å². The molecule has 0 aromatic heterocycles. The van der Waals surface area contributed by atoms with E-state index >= 15 is 0 Å². The van der Waals surface area contributed by atoms with Gasteiger partial charge >= 0.3 is 35.9 Å². The molecule has 2 rings (SSSR count). The number of unbranched alkanes of at least 4 members (excludes halogenated alkanes) is 5. The Morgan fingerprint density at radius 1 is 0.619 bits per heavy atom. The molecule has 5 nitrogen and oxygen atoms in total. The van der Waals surface area contributed by atoms with Gasteiger partial charge in [-0.3, -0.25) is 0 Å². The maximum atomic E-state index is 13.6. The Balaban J connectivity index is 1.84. The third-order valence-corrected chi connectivity index (χ3v) is 6.02. The molecule has 0 atom stereocenters. The Hall–Kier alpha value is -3.45. The van der Waals surface area contributed by atoms with Crippen molar-refractivity contribution < 1.29 is 63.3 Å². The monoisotopic (exact) mass is 616 g/mol. The van der Waals surface area contributed by atoms with E-state index in [0.717, 1.165) is 43.5 Å². The van der Waals surface area contributed by atoms with Crippen LogP contribution in [-0.2, 0) is 4.74 Å². The first kappa shape index (κ1) is 34.7. The fourth-order valence-corrected chi connectivity index (χ4v) is 3.50. The maximum Gasteiger partial charge on any atom is 0.460 e. The lowest BCUT2D eigenvalue weighted by atomic mass is 10.0. The molecule has 14 heteroatoms. The summed E-state index contributed by atoms with van der Waals surface area (Å²) in [5.41, 5.74) is -0.156. The normalized spacial score (nSPS) is 12.6. The topological polar surface area (TPSA) is 61.8 Å². The second kappa shape index (κ2) is 14.6. The van der Waals surface area contributed by atoms with Crippen LogP contribution < -0.4 is 9.47 Å². The van der Waals surface area contributed by atoms with E-state index in [4.69, 9.17) is 9.47 Å². The number of carbonyl (C=O) groups is 2. The summed E-state index contributed by atoms with van der Waals surface area (Å²) in [6.07, 6.45) is -2.58. The first-order valence-corrected chi connectivity index (χ1v) is 13.0. The van der Waals surface area contributed by atoms with Crippen molar-refractivity contribution in [3.8, 4) is 11.5 Å². The number of ether oxygens (including phenoxy) is 3. The summed E-state index contributed by atoms with van der Waals surface area (Å²) in [7, 11) is 0. The number of hydrogen-bond acceptors (Lipinski definition) is 5. The molecule has 0 bridgehead atoms. The van der Waals surface area contributed by atoms with Gasteiger partial charge in [0.2, 0.25) is 0 Å². The average Bonchev–Trinajstić information content (AvgIpc) is 2.92. The minimum Gasteiger partial charge on any atom is -0.494 e. The smallest absolute Gasteiger partial charge is 0.460 e. The molecule has 0 saturated carbocycles. The SMILES string of the molecule is CCCCCCCCOc1ccc(C(=O)Oc2ccc(C(=O)OCCC(F)(F)C(F)(F)C(F)(F)C(F)(F)F)cc2)cc1. The fraction of sp³-hybridized carbons (Fsp3) is 0.500. The average molecular weight is 617 g/mol. The summed E-state index contributed by atoms with van der Waals surface area (Å²) in [6.45, 7) is 1.08. The summed E-state index contributed by atoms with van der Waals surface area (Å²) in [4.78, 5) is 24.3. The van der Waals surface area contributed by atoms with Gasteiger partial charge < -0.3 is 14.2 Å². The van der Waals surface area contributed by atoms with Crippen molar-refractivity contribution in [2.75, 3.05) is 13.2 Å².